The van der Waals surface area contributed by atoms with Crippen molar-refractivity contribution in [2.45, 2.75) is 0 Å². The topological polar surface area (TPSA) is 9.86 Å². The molecule has 3 heteroatoms. The molecule has 0 radical (unpaired) electrons. The Balaban J connectivity index is 1.07. The number of thiophene rings is 1. The first kappa shape index (κ1) is 28.4. The van der Waals surface area contributed by atoms with Gasteiger partial charge in [-0.1, -0.05) is 121 Å². The normalized spacial score (nSPS) is 11.9. The van der Waals surface area contributed by atoms with Crippen molar-refractivity contribution in [3.8, 4) is 33.6 Å². The first-order valence-electron chi connectivity index (χ1n) is 17.4. The predicted octanol–water partition coefficient (Wildman–Crippen LogP) is 13.6. The van der Waals surface area contributed by atoms with Crippen molar-refractivity contribution < 1.29 is 0 Å². The van der Waals surface area contributed by atoms with Gasteiger partial charge in [0.15, 0.2) is 0 Å². The van der Waals surface area contributed by atoms with Gasteiger partial charge in [0.2, 0.25) is 0 Å². The van der Waals surface area contributed by atoms with E-state index in [1.807, 2.05) is 11.3 Å². The molecule has 11 rings (SSSR count). The van der Waals surface area contributed by atoms with Crippen molar-refractivity contribution in [3.63, 3.8) is 0 Å². The standard InChI is InChI=1S/C48H30N2S/c1-2-12-31(13-3-1)32-24-26-46-41(29-32)39-18-6-9-23-45(39)50(46)35-25-27-47-42(30-35)40-20-11-19-36(48(40)51-47)33-14-10-15-34(28-33)49-43-21-7-4-16-37(43)38-17-5-8-22-44(38)49/h1-30H. The number of nitrogens with zero attached hydrogens (tertiary/aromatic N) is 2. The molecule has 0 saturated heterocycles. The number of hydrogen-bond acceptors (Lipinski definition) is 1. The third-order valence-corrected chi connectivity index (χ3v) is 11.7. The van der Waals surface area contributed by atoms with Crippen LogP contribution in [0.4, 0.5) is 0 Å². The zero-order valence-corrected chi connectivity index (χ0v) is 28.4. The van der Waals surface area contributed by atoms with Crippen LogP contribution >= 0.6 is 11.3 Å². The first-order valence-corrected chi connectivity index (χ1v) is 18.3. The second-order valence-electron chi connectivity index (χ2n) is 13.3. The van der Waals surface area contributed by atoms with Gasteiger partial charge in [-0.05, 0) is 82.9 Å². The predicted molar refractivity (Wildman–Crippen MR) is 219 cm³/mol. The second kappa shape index (κ2) is 11.0. The molecule has 0 spiro atoms. The lowest BCUT2D eigenvalue weighted by Gasteiger charge is -2.11. The summed E-state index contributed by atoms with van der Waals surface area (Å²) in [6.45, 7) is 0. The highest BCUT2D eigenvalue weighted by molar-refractivity contribution is 7.26. The molecule has 0 N–H and O–H groups in total. The Morgan fingerprint density at radius 3 is 1.61 bits per heavy atom. The summed E-state index contributed by atoms with van der Waals surface area (Å²) in [6.07, 6.45) is 0. The number of aromatic nitrogens is 2. The Morgan fingerprint density at radius 2 is 0.882 bits per heavy atom. The summed E-state index contributed by atoms with van der Waals surface area (Å²) < 4.78 is 7.45. The van der Waals surface area contributed by atoms with Crippen LogP contribution in [0.3, 0.4) is 0 Å². The molecule has 0 aliphatic carbocycles. The molecule has 3 heterocycles. The summed E-state index contributed by atoms with van der Waals surface area (Å²) in [5.74, 6) is 0. The number of rotatable bonds is 4. The van der Waals surface area contributed by atoms with E-state index in [1.54, 1.807) is 0 Å². The fourth-order valence-corrected chi connectivity index (χ4v) is 9.45. The van der Waals surface area contributed by atoms with E-state index in [0.717, 1.165) is 0 Å². The monoisotopic (exact) mass is 666 g/mol. The summed E-state index contributed by atoms with van der Waals surface area (Å²) >= 11 is 1.89. The number of benzene rings is 8. The lowest BCUT2D eigenvalue weighted by molar-refractivity contribution is 1.18. The number of hydrogen-bond donors (Lipinski definition) is 0. The maximum Gasteiger partial charge on any atom is 0.0541 e. The van der Waals surface area contributed by atoms with Crippen LogP contribution in [0.15, 0.2) is 182 Å². The minimum Gasteiger partial charge on any atom is -0.309 e. The molecular weight excluding hydrogens is 637 g/mol. The van der Waals surface area contributed by atoms with E-state index in [-0.39, 0.29) is 0 Å². The van der Waals surface area contributed by atoms with Crippen LogP contribution in [0.1, 0.15) is 0 Å². The van der Waals surface area contributed by atoms with Crippen molar-refractivity contribution in [3.05, 3.63) is 182 Å². The van der Waals surface area contributed by atoms with E-state index in [4.69, 9.17) is 0 Å². The molecule has 2 nitrogen and oxygen atoms in total. The van der Waals surface area contributed by atoms with Crippen LogP contribution < -0.4 is 0 Å². The first-order chi connectivity index (χ1) is 25.3. The Kier molecular flexibility index (Phi) is 6.16. The molecule has 238 valence electrons. The lowest BCUT2D eigenvalue weighted by Crippen LogP contribution is -1.94. The van der Waals surface area contributed by atoms with Crippen molar-refractivity contribution >= 4 is 75.1 Å². The van der Waals surface area contributed by atoms with Gasteiger partial charge in [-0.2, -0.15) is 0 Å². The summed E-state index contributed by atoms with van der Waals surface area (Å²) in [5, 5.41) is 7.68. The molecule has 8 aromatic carbocycles. The van der Waals surface area contributed by atoms with Gasteiger partial charge in [0.25, 0.3) is 0 Å². The van der Waals surface area contributed by atoms with E-state index in [0.29, 0.717) is 0 Å². The second-order valence-corrected chi connectivity index (χ2v) is 14.4. The van der Waals surface area contributed by atoms with Gasteiger partial charge in [0.1, 0.15) is 0 Å². The summed E-state index contributed by atoms with van der Waals surface area (Å²) in [5.41, 5.74) is 12.2. The zero-order valence-electron chi connectivity index (χ0n) is 27.6. The highest BCUT2D eigenvalue weighted by atomic mass is 32.1. The van der Waals surface area contributed by atoms with Gasteiger partial charge in [-0.3, -0.25) is 0 Å². The molecule has 51 heavy (non-hydrogen) atoms. The van der Waals surface area contributed by atoms with E-state index in [1.165, 1.54) is 97.4 Å². The van der Waals surface area contributed by atoms with Crippen LogP contribution in [0.5, 0.6) is 0 Å². The Bertz CT molecular complexity index is 3090. The lowest BCUT2D eigenvalue weighted by atomic mass is 10.0. The van der Waals surface area contributed by atoms with Crippen LogP contribution in [-0.2, 0) is 0 Å². The molecule has 0 fully saturated rings. The molecule has 0 amide bonds. The molecule has 3 aromatic heterocycles. The molecule has 0 saturated carbocycles. The van der Waals surface area contributed by atoms with Crippen molar-refractivity contribution in [2.75, 3.05) is 0 Å². The van der Waals surface area contributed by atoms with Crippen LogP contribution in [0.2, 0.25) is 0 Å². The van der Waals surface area contributed by atoms with Gasteiger partial charge in [0, 0.05) is 53.1 Å². The average molecular weight is 667 g/mol. The molecule has 0 unspecified atom stereocenters. The van der Waals surface area contributed by atoms with Crippen LogP contribution in [0, 0.1) is 0 Å². The highest BCUT2D eigenvalue weighted by Gasteiger charge is 2.17. The van der Waals surface area contributed by atoms with E-state index < -0.39 is 0 Å². The number of fused-ring (bicyclic) bond motifs is 9. The van der Waals surface area contributed by atoms with E-state index in [9.17, 15) is 0 Å². The summed E-state index contributed by atoms with van der Waals surface area (Å²) in [7, 11) is 0. The number of para-hydroxylation sites is 3. The average Bonchev–Trinajstić information content (AvgIpc) is 3.85. The van der Waals surface area contributed by atoms with Crippen molar-refractivity contribution in [1.82, 2.24) is 9.13 Å². The van der Waals surface area contributed by atoms with Gasteiger partial charge >= 0.3 is 0 Å². The maximum absolute atomic E-state index is 2.43. The molecular formula is C48H30N2S. The molecule has 0 bridgehead atoms. The largest absolute Gasteiger partial charge is 0.309 e. The van der Waals surface area contributed by atoms with Crippen molar-refractivity contribution in [2.24, 2.45) is 0 Å². The minimum atomic E-state index is 1.17. The third-order valence-electron chi connectivity index (χ3n) is 10.5. The Hall–Kier alpha value is -6.42. The fraction of sp³-hybridized carbons (Fsp3) is 0. The smallest absolute Gasteiger partial charge is 0.0541 e. The van der Waals surface area contributed by atoms with E-state index in [2.05, 4.69) is 191 Å². The highest BCUT2D eigenvalue weighted by Crippen LogP contribution is 2.43. The molecule has 0 aliphatic rings. The molecule has 11 aromatic rings. The third kappa shape index (κ3) is 4.29. The van der Waals surface area contributed by atoms with Crippen LogP contribution in [-0.4, -0.2) is 9.13 Å². The zero-order chi connectivity index (χ0) is 33.5. The maximum atomic E-state index is 2.43. The molecule has 0 atom stereocenters. The SMILES string of the molecule is c1ccc(-c2ccc3c(c2)c2ccccc2n3-c2ccc3sc4c(-c5cccc(-n6c7ccccc7c7ccccc76)c5)cccc4c3c2)cc1. The van der Waals surface area contributed by atoms with E-state index >= 15 is 0 Å². The van der Waals surface area contributed by atoms with Crippen LogP contribution in [0.25, 0.3) is 97.4 Å². The Labute approximate surface area is 298 Å². The van der Waals surface area contributed by atoms with Crippen molar-refractivity contribution in [1.29, 1.82) is 0 Å². The van der Waals surface area contributed by atoms with Gasteiger partial charge in [0.05, 0.1) is 22.1 Å². The minimum absolute atomic E-state index is 1.17. The van der Waals surface area contributed by atoms with Gasteiger partial charge < -0.3 is 9.13 Å². The fourth-order valence-electron chi connectivity index (χ4n) is 8.23. The molecule has 0 aliphatic heterocycles. The van der Waals surface area contributed by atoms with Gasteiger partial charge in [-0.15, -0.1) is 11.3 Å². The summed E-state index contributed by atoms with van der Waals surface area (Å²) in [6, 6.07) is 66.6. The Morgan fingerprint density at radius 1 is 0.314 bits per heavy atom. The summed E-state index contributed by atoms with van der Waals surface area (Å²) in [4.78, 5) is 0. The van der Waals surface area contributed by atoms with Gasteiger partial charge in [-0.25, -0.2) is 0 Å². The quantitative estimate of drug-likeness (QED) is 0.177.